The molecule has 3 rings (SSSR count). The van der Waals surface area contributed by atoms with E-state index >= 15 is 0 Å². The minimum atomic E-state index is -0.160. The number of aryl methyl sites for hydroxylation is 2. The van der Waals surface area contributed by atoms with E-state index in [0.717, 1.165) is 11.3 Å². The highest BCUT2D eigenvalue weighted by atomic mass is 16.5. The summed E-state index contributed by atoms with van der Waals surface area (Å²) in [4.78, 5) is 16.8. The van der Waals surface area contributed by atoms with E-state index in [1.54, 1.807) is 20.1 Å². The Morgan fingerprint density at radius 3 is 2.88 bits per heavy atom. The number of methoxy groups -OCH3 is 1. The standard InChI is InChI=1S/C18H19N3O3/c1-11-10-14(16-12(2)21-24-18(16)20-11)17(22)19-9-8-13-6-4-5-7-15(13)23-3/h4-7,10H,8-9H2,1-3H3,(H,19,22). The van der Waals surface area contributed by atoms with Gasteiger partial charge < -0.3 is 14.6 Å². The van der Waals surface area contributed by atoms with E-state index in [9.17, 15) is 4.79 Å². The van der Waals surface area contributed by atoms with E-state index in [1.165, 1.54) is 0 Å². The van der Waals surface area contributed by atoms with Gasteiger partial charge in [-0.25, -0.2) is 4.98 Å². The Balaban J connectivity index is 1.75. The summed E-state index contributed by atoms with van der Waals surface area (Å²) in [5.41, 5.74) is 3.36. The molecule has 6 heteroatoms. The molecule has 0 spiro atoms. The second-order valence-corrected chi connectivity index (χ2v) is 5.58. The van der Waals surface area contributed by atoms with Crippen molar-refractivity contribution in [3.8, 4) is 5.75 Å². The van der Waals surface area contributed by atoms with E-state index in [1.807, 2.05) is 31.2 Å². The van der Waals surface area contributed by atoms with Crippen LogP contribution in [0.25, 0.3) is 11.1 Å². The third-order valence-electron chi connectivity index (χ3n) is 3.86. The van der Waals surface area contributed by atoms with Crippen LogP contribution in [0.15, 0.2) is 34.9 Å². The Bertz CT molecular complexity index is 886. The van der Waals surface area contributed by atoms with Gasteiger partial charge in [-0.15, -0.1) is 0 Å². The van der Waals surface area contributed by atoms with E-state index in [2.05, 4.69) is 15.5 Å². The van der Waals surface area contributed by atoms with Crippen LogP contribution in [0.2, 0.25) is 0 Å². The Morgan fingerprint density at radius 1 is 1.29 bits per heavy atom. The maximum atomic E-state index is 12.6. The average molecular weight is 325 g/mol. The molecular weight excluding hydrogens is 306 g/mol. The fourth-order valence-electron chi connectivity index (χ4n) is 2.71. The molecular formula is C18H19N3O3. The number of nitrogens with one attached hydrogen (secondary N) is 1. The molecule has 2 aromatic heterocycles. The zero-order valence-electron chi connectivity index (χ0n) is 13.9. The van der Waals surface area contributed by atoms with Crippen LogP contribution in [0.3, 0.4) is 0 Å². The summed E-state index contributed by atoms with van der Waals surface area (Å²) in [7, 11) is 1.64. The van der Waals surface area contributed by atoms with Crippen molar-refractivity contribution < 1.29 is 14.1 Å². The van der Waals surface area contributed by atoms with Crippen LogP contribution in [0, 0.1) is 13.8 Å². The molecule has 0 aliphatic rings. The molecule has 1 aromatic carbocycles. The van der Waals surface area contributed by atoms with Crippen LogP contribution in [-0.2, 0) is 6.42 Å². The summed E-state index contributed by atoms with van der Waals surface area (Å²) in [6, 6.07) is 9.53. The molecule has 0 atom stereocenters. The van der Waals surface area contributed by atoms with Gasteiger partial charge in [0.15, 0.2) is 0 Å². The molecule has 0 bridgehead atoms. The number of aromatic nitrogens is 2. The normalized spacial score (nSPS) is 10.8. The van der Waals surface area contributed by atoms with Crippen molar-refractivity contribution >= 4 is 17.0 Å². The first-order valence-corrected chi connectivity index (χ1v) is 7.74. The van der Waals surface area contributed by atoms with E-state index in [0.29, 0.717) is 41.0 Å². The molecule has 3 aromatic rings. The summed E-state index contributed by atoms with van der Waals surface area (Å²) in [6.45, 7) is 4.13. The lowest BCUT2D eigenvalue weighted by Gasteiger charge is -2.10. The Hall–Kier alpha value is -2.89. The number of ether oxygens (including phenoxy) is 1. The summed E-state index contributed by atoms with van der Waals surface area (Å²) in [5.74, 6) is 0.662. The highest BCUT2D eigenvalue weighted by Gasteiger charge is 2.17. The van der Waals surface area contributed by atoms with Crippen molar-refractivity contribution in [3.05, 3.63) is 52.8 Å². The second-order valence-electron chi connectivity index (χ2n) is 5.58. The number of para-hydroxylation sites is 1. The minimum Gasteiger partial charge on any atom is -0.496 e. The quantitative estimate of drug-likeness (QED) is 0.780. The zero-order valence-corrected chi connectivity index (χ0v) is 13.9. The largest absolute Gasteiger partial charge is 0.496 e. The van der Waals surface area contributed by atoms with Crippen molar-refractivity contribution in [2.24, 2.45) is 0 Å². The van der Waals surface area contributed by atoms with Crippen molar-refractivity contribution in [1.29, 1.82) is 0 Å². The summed E-state index contributed by atoms with van der Waals surface area (Å²) in [6.07, 6.45) is 0.686. The fraction of sp³-hybridized carbons (Fsp3) is 0.278. The van der Waals surface area contributed by atoms with Gasteiger partial charge in [0.25, 0.3) is 11.6 Å². The predicted octanol–water partition coefficient (Wildman–Crippen LogP) is 2.82. The number of carbonyl (C=O) groups is 1. The number of nitrogens with zero attached hydrogens (tertiary/aromatic N) is 2. The molecule has 124 valence electrons. The van der Waals surface area contributed by atoms with Gasteiger partial charge in [-0.05, 0) is 38.0 Å². The van der Waals surface area contributed by atoms with Crippen molar-refractivity contribution in [3.63, 3.8) is 0 Å². The number of carbonyl (C=O) groups excluding carboxylic acids is 1. The van der Waals surface area contributed by atoms with Gasteiger partial charge >= 0.3 is 0 Å². The summed E-state index contributed by atoms with van der Waals surface area (Å²) >= 11 is 0. The molecule has 0 saturated carbocycles. The van der Waals surface area contributed by atoms with E-state index in [4.69, 9.17) is 9.26 Å². The zero-order chi connectivity index (χ0) is 17.1. The number of amides is 1. The first-order valence-electron chi connectivity index (χ1n) is 7.74. The van der Waals surface area contributed by atoms with Gasteiger partial charge in [0.1, 0.15) is 5.75 Å². The third-order valence-corrected chi connectivity index (χ3v) is 3.86. The van der Waals surface area contributed by atoms with Crippen LogP contribution < -0.4 is 10.1 Å². The molecule has 1 amide bonds. The lowest BCUT2D eigenvalue weighted by molar-refractivity contribution is 0.0955. The van der Waals surface area contributed by atoms with E-state index < -0.39 is 0 Å². The van der Waals surface area contributed by atoms with Crippen LogP contribution in [-0.4, -0.2) is 29.7 Å². The van der Waals surface area contributed by atoms with Gasteiger partial charge in [-0.1, -0.05) is 23.4 Å². The Kier molecular flexibility index (Phi) is 4.46. The topological polar surface area (TPSA) is 77.2 Å². The van der Waals surface area contributed by atoms with Crippen LogP contribution in [0.4, 0.5) is 0 Å². The Morgan fingerprint density at radius 2 is 2.08 bits per heavy atom. The molecule has 0 aliphatic carbocycles. The summed E-state index contributed by atoms with van der Waals surface area (Å²) in [5, 5.41) is 7.50. The fourth-order valence-corrected chi connectivity index (χ4v) is 2.71. The molecule has 0 saturated heterocycles. The SMILES string of the molecule is COc1ccccc1CCNC(=O)c1cc(C)nc2onc(C)c12. The smallest absolute Gasteiger partial charge is 0.258 e. The molecule has 1 N–H and O–H groups in total. The lowest BCUT2D eigenvalue weighted by Crippen LogP contribution is -2.26. The molecule has 0 fully saturated rings. The molecule has 0 unspecified atom stereocenters. The van der Waals surface area contributed by atoms with Gasteiger partial charge in [-0.2, -0.15) is 0 Å². The highest BCUT2D eigenvalue weighted by Crippen LogP contribution is 2.22. The van der Waals surface area contributed by atoms with Crippen molar-refractivity contribution in [2.75, 3.05) is 13.7 Å². The van der Waals surface area contributed by atoms with Gasteiger partial charge in [0.05, 0.1) is 23.8 Å². The number of fused-ring (bicyclic) bond motifs is 1. The maximum Gasteiger partial charge on any atom is 0.258 e. The third kappa shape index (κ3) is 3.08. The van der Waals surface area contributed by atoms with Crippen LogP contribution in [0.1, 0.15) is 27.3 Å². The molecule has 0 aliphatic heterocycles. The number of benzene rings is 1. The van der Waals surface area contributed by atoms with Gasteiger partial charge in [-0.3, -0.25) is 4.79 Å². The second kappa shape index (κ2) is 6.70. The van der Waals surface area contributed by atoms with Crippen LogP contribution >= 0.6 is 0 Å². The molecule has 2 heterocycles. The lowest BCUT2D eigenvalue weighted by atomic mass is 10.1. The highest BCUT2D eigenvalue weighted by molar-refractivity contribution is 6.06. The van der Waals surface area contributed by atoms with Crippen molar-refractivity contribution in [2.45, 2.75) is 20.3 Å². The number of rotatable bonds is 5. The summed E-state index contributed by atoms with van der Waals surface area (Å²) < 4.78 is 10.5. The molecule has 0 radical (unpaired) electrons. The molecule has 24 heavy (non-hydrogen) atoms. The van der Waals surface area contributed by atoms with Gasteiger partial charge in [0, 0.05) is 12.2 Å². The number of hydrogen-bond acceptors (Lipinski definition) is 5. The van der Waals surface area contributed by atoms with Crippen LogP contribution in [0.5, 0.6) is 5.75 Å². The minimum absolute atomic E-state index is 0.160. The molecule has 6 nitrogen and oxygen atoms in total. The first-order chi connectivity index (χ1) is 11.6. The Labute approximate surface area is 139 Å². The van der Waals surface area contributed by atoms with E-state index in [-0.39, 0.29) is 5.91 Å². The monoisotopic (exact) mass is 325 g/mol. The number of pyridine rings is 1. The average Bonchev–Trinajstić information content (AvgIpc) is 2.95. The van der Waals surface area contributed by atoms with Crippen molar-refractivity contribution in [1.82, 2.24) is 15.5 Å². The maximum absolute atomic E-state index is 12.6. The van der Waals surface area contributed by atoms with Gasteiger partial charge in [0.2, 0.25) is 0 Å². The first kappa shape index (κ1) is 16.0. The predicted molar refractivity (Wildman–Crippen MR) is 90.3 cm³/mol. The number of hydrogen-bond donors (Lipinski definition) is 1.